The van der Waals surface area contributed by atoms with Crippen molar-refractivity contribution in [1.29, 1.82) is 0 Å². The number of carbonyl (C=O) groups excluding carboxylic acids is 1. The molecule has 0 unspecified atom stereocenters. The molecule has 22 heavy (non-hydrogen) atoms. The molecule has 1 aliphatic heterocycles. The first kappa shape index (κ1) is 14.6. The largest absolute Gasteiger partial charge is 0.489 e. The standard InChI is InChI=1S/C18H18FNO2/c1-11-7-12(2)9-13(8-11)10-22-16-5-4-15(19)18-14(16)3-6-17(21)20-18/h4-5,7-9H,3,6,10H2,1-2H3,(H,20,21). The molecule has 3 nitrogen and oxygen atoms in total. The lowest BCUT2D eigenvalue weighted by atomic mass is 10.0. The van der Waals surface area contributed by atoms with Crippen molar-refractivity contribution in [1.82, 2.24) is 0 Å². The number of halogens is 1. The van der Waals surface area contributed by atoms with Gasteiger partial charge >= 0.3 is 0 Å². The number of hydrogen-bond acceptors (Lipinski definition) is 2. The Labute approximate surface area is 129 Å². The Balaban J connectivity index is 1.84. The number of hydrogen-bond donors (Lipinski definition) is 1. The van der Waals surface area contributed by atoms with Crippen LogP contribution in [0.4, 0.5) is 10.1 Å². The number of carbonyl (C=O) groups is 1. The fourth-order valence-corrected chi connectivity index (χ4v) is 2.87. The van der Waals surface area contributed by atoms with Crippen molar-refractivity contribution in [3.63, 3.8) is 0 Å². The molecule has 0 aromatic heterocycles. The Kier molecular flexibility index (Phi) is 3.84. The van der Waals surface area contributed by atoms with Crippen LogP contribution in [-0.2, 0) is 17.8 Å². The second-order valence-corrected chi connectivity index (χ2v) is 5.73. The predicted molar refractivity (Wildman–Crippen MR) is 83.6 cm³/mol. The second kappa shape index (κ2) is 5.79. The number of fused-ring (bicyclic) bond motifs is 1. The number of nitrogens with one attached hydrogen (secondary N) is 1. The summed E-state index contributed by atoms with van der Waals surface area (Å²) < 4.78 is 19.7. The highest BCUT2D eigenvalue weighted by Gasteiger charge is 2.22. The fourth-order valence-electron chi connectivity index (χ4n) is 2.87. The van der Waals surface area contributed by atoms with Gasteiger partial charge in [-0.25, -0.2) is 4.39 Å². The molecular formula is C18H18FNO2. The third-order valence-corrected chi connectivity index (χ3v) is 3.76. The molecule has 0 atom stereocenters. The van der Waals surface area contributed by atoms with E-state index >= 15 is 0 Å². The Bertz CT molecular complexity index is 720. The molecule has 0 radical (unpaired) electrons. The zero-order valence-electron chi connectivity index (χ0n) is 12.7. The van der Waals surface area contributed by atoms with Gasteiger partial charge in [0.2, 0.25) is 5.91 Å². The van der Waals surface area contributed by atoms with Gasteiger partial charge in [-0.05, 0) is 38.0 Å². The van der Waals surface area contributed by atoms with Crippen LogP contribution in [0.2, 0.25) is 0 Å². The summed E-state index contributed by atoms with van der Waals surface area (Å²) in [5.74, 6) is 0.0650. The van der Waals surface area contributed by atoms with E-state index < -0.39 is 5.82 Å². The summed E-state index contributed by atoms with van der Waals surface area (Å²) in [5.41, 5.74) is 4.45. The Morgan fingerprint density at radius 2 is 1.86 bits per heavy atom. The van der Waals surface area contributed by atoms with Crippen LogP contribution < -0.4 is 10.1 Å². The first-order valence-corrected chi connectivity index (χ1v) is 7.34. The minimum Gasteiger partial charge on any atom is -0.489 e. The maximum atomic E-state index is 13.8. The van der Waals surface area contributed by atoms with Crippen molar-refractivity contribution in [3.8, 4) is 5.75 Å². The van der Waals surface area contributed by atoms with E-state index in [4.69, 9.17) is 4.74 Å². The van der Waals surface area contributed by atoms with E-state index in [9.17, 15) is 9.18 Å². The first-order valence-electron chi connectivity index (χ1n) is 7.34. The van der Waals surface area contributed by atoms with Crippen molar-refractivity contribution in [2.45, 2.75) is 33.3 Å². The Hall–Kier alpha value is -2.36. The zero-order chi connectivity index (χ0) is 15.7. The van der Waals surface area contributed by atoms with Crippen LogP contribution in [0.25, 0.3) is 0 Å². The van der Waals surface area contributed by atoms with Crippen molar-refractivity contribution in [2.75, 3.05) is 5.32 Å². The number of amides is 1. The van der Waals surface area contributed by atoms with Gasteiger partial charge in [-0.3, -0.25) is 4.79 Å². The summed E-state index contributed by atoms with van der Waals surface area (Å²) in [4.78, 5) is 11.4. The van der Waals surface area contributed by atoms with Crippen LogP contribution in [0.15, 0.2) is 30.3 Å². The van der Waals surface area contributed by atoms with E-state index in [1.165, 1.54) is 17.2 Å². The molecular weight excluding hydrogens is 281 g/mol. The number of rotatable bonds is 3. The molecule has 0 spiro atoms. The summed E-state index contributed by atoms with van der Waals surface area (Å²) in [5, 5.41) is 2.59. The van der Waals surface area contributed by atoms with Crippen LogP contribution in [0.5, 0.6) is 5.75 Å². The third kappa shape index (κ3) is 2.96. The molecule has 0 aliphatic carbocycles. The monoisotopic (exact) mass is 299 g/mol. The van der Waals surface area contributed by atoms with Crippen LogP contribution in [0.3, 0.4) is 0 Å². The highest BCUT2D eigenvalue weighted by Crippen LogP contribution is 2.34. The summed E-state index contributed by atoms with van der Waals surface area (Å²) >= 11 is 0. The van der Waals surface area contributed by atoms with Crippen LogP contribution in [0.1, 0.15) is 28.7 Å². The van der Waals surface area contributed by atoms with E-state index in [-0.39, 0.29) is 11.6 Å². The molecule has 1 heterocycles. The molecule has 1 amide bonds. The van der Waals surface area contributed by atoms with Crippen LogP contribution >= 0.6 is 0 Å². The lowest BCUT2D eigenvalue weighted by molar-refractivity contribution is -0.116. The van der Waals surface area contributed by atoms with Gasteiger partial charge < -0.3 is 10.1 Å². The van der Waals surface area contributed by atoms with Crippen molar-refractivity contribution in [3.05, 3.63) is 58.4 Å². The Morgan fingerprint density at radius 3 is 2.59 bits per heavy atom. The van der Waals surface area contributed by atoms with Crippen LogP contribution in [-0.4, -0.2) is 5.91 Å². The van der Waals surface area contributed by atoms with Gasteiger partial charge in [0.25, 0.3) is 0 Å². The molecule has 1 N–H and O–H groups in total. The molecule has 114 valence electrons. The molecule has 1 aliphatic rings. The number of ether oxygens (including phenoxy) is 1. The van der Waals surface area contributed by atoms with Gasteiger partial charge in [-0.2, -0.15) is 0 Å². The summed E-state index contributed by atoms with van der Waals surface area (Å²) in [6, 6.07) is 9.23. The SMILES string of the molecule is Cc1cc(C)cc(COc2ccc(F)c3c2CCC(=O)N3)c1. The maximum Gasteiger partial charge on any atom is 0.224 e. The number of aryl methyl sites for hydroxylation is 2. The van der Waals surface area contributed by atoms with Crippen LogP contribution in [0, 0.1) is 19.7 Å². The van der Waals surface area contributed by atoms with E-state index in [0.29, 0.717) is 25.2 Å². The molecule has 0 fully saturated rings. The van der Waals surface area contributed by atoms with Gasteiger partial charge in [-0.1, -0.05) is 29.3 Å². The molecule has 2 aromatic rings. The van der Waals surface area contributed by atoms with Crippen molar-refractivity contribution >= 4 is 11.6 Å². The minimum absolute atomic E-state index is 0.155. The van der Waals surface area contributed by atoms with Gasteiger partial charge in [0, 0.05) is 12.0 Å². The average Bonchev–Trinajstić information content (AvgIpc) is 2.46. The summed E-state index contributed by atoms with van der Waals surface area (Å²) in [7, 11) is 0. The average molecular weight is 299 g/mol. The van der Waals surface area contributed by atoms with E-state index in [1.807, 2.05) is 13.8 Å². The van der Waals surface area contributed by atoms with E-state index in [1.54, 1.807) is 6.07 Å². The van der Waals surface area contributed by atoms with Gasteiger partial charge in [-0.15, -0.1) is 0 Å². The van der Waals surface area contributed by atoms with Crippen molar-refractivity contribution < 1.29 is 13.9 Å². The quantitative estimate of drug-likeness (QED) is 0.933. The predicted octanol–water partition coefficient (Wildman–Crippen LogP) is 3.91. The van der Waals surface area contributed by atoms with E-state index in [2.05, 4.69) is 23.5 Å². The van der Waals surface area contributed by atoms with Gasteiger partial charge in [0.15, 0.2) is 0 Å². The number of anilines is 1. The maximum absolute atomic E-state index is 13.8. The molecule has 0 saturated heterocycles. The highest BCUT2D eigenvalue weighted by atomic mass is 19.1. The summed E-state index contributed by atoms with van der Waals surface area (Å²) in [6.07, 6.45) is 0.859. The fraction of sp³-hybridized carbons (Fsp3) is 0.278. The van der Waals surface area contributed by atoms with Gasteiger partial charge in [0.05, 0.1) is 5.69 Å². The lowest BCUT2D eigenvalue weighted by Gasteiger charge is -2.20. The third-order valence-electron chi connectivity index (χ3n) is 3.76. The number of benzene rings is 2. The van der Waals surface area contributed by atoms with Gasteiger partial charge in [0.1, 0.15) is 18.2 Å². The second-order valence-electron chi connectivity index (χ2n) is 5.73. The zero-order valence-corrected chi connectivity index (χ0v) is 12.7. The first-order chi connectivity index (χ1) is 10.5. The molecule has 2 aromatic carbocycles. The molecule has 4 heteroatoms. The topological polar surface area (TPSA) is 38.3 Å². The van der Waals surface area contributed by atoms with E-state index in [0.717, 1.165) is 11.1 Å². The van der Waals surface area contributed by atoms with Crippen molar-refractivity contribution in [2.24, 2.45) is 0 Å². The molecule has 0 saturated carbocycles. The summed E-state index contributed by atoms with van der Waals surface area (Å²) in [6.45, 7) is 4.52. The lowest BCUT2D eigenvalue weighted by Crippen LogP contribution is -2.20. The Morgan fingerprint density at radius 1 is 1.14 bits per heavy atom. The molecule has 3 rings (SSSR count). The minimum atomic E-state index is -0.415. The normalized spacial score (nSPS) is 13.5. The molecule has 0 bridgehead atoms. The smallest absolute Gasteiger partial charge is 0.224 e. The highest BCUT2D eigenvalue weighted by molar-refractivity contribution is 5.94.